The fourth-order valence-electron chi connectivity index (χ4n) is 1.61. The van der Waals surface area contributed by atoms with Gasteiger partial charge in [0.2, 0.25) is 5.91 Å². The van der Waals surface area contributed by atoms with Gasteiger partial charge in [-0.25, -0.2) is 0 Å². The Labute approximate surface area is 103 Å². The molecule has 1 rings (SSSR count). The summed E-state index contributed by atoms with van der Waals surface area (Å²) in [6, 6.07) is 9.44. The summed E-state index contributed by atoms with van der Waals surface area (Å²) in [4.78, 5) is 12.0. The minimum absolute atomic E-state index is 0.00569. The Morgan fingerprint density at radius 3 is 2.24 bits per heavy atom. The van der Waals surface area contributed by atoms with E-state index in [2.05, 4.69) is 5.32 Å². The van der Waals surface area contributed by atoms with Gasteiger partial charge in [-0.1, -0.05) is 37.3 Å². The maximum Gasteiger partial charge on any atom is 0.225 e. The van der Waals surface area contributed by atoms with Gasteiger partial charge >= 0.3 is 0 Å². The number of carbonyl (C=O) groups is 1. The Hall–Kier alpha value is -1.35. The highest BCUT2D eigenvalue weighted by Gasteiger charge is 2.24. The van der Waals surface area contributed by atoms with E-state index in [1.165, 1.54) is 0 Å². The van der Waals surface area contributed by atoms with Crippen molar-refractivity contribution in [1.29, 1.82) is 0 Å². The number of nitrogens with two attached hydrogens (primary N) is 1. The molecule has 0 aliphatic rings. The van der Waals surface area contributed by atoms with E-state index in [9.17, 15) is 4.79 Å². The van der Waals surface area contributed by atoms with Crippen LogP contribution in [0.2, 0.25) is 0 Å². The summed E-state index contributed by atoms with van der Waals surface area (Å²) in [5.41, 5.74) is 6.87. The second kappa shape index (κ2) is 5.32. The summed E-state index contributed by atoms with van der Waals surface area (Å²) in [6.45, 7) is 7.75. The van der Waals surface area contributed by atoms with Gasteiger partial charge in [-0.3, -0.25) is 4.79 Å². The minimum Gasteiger partial charge on any atom is -0.351 e. The van der Waals surface area contributed by atoms with Gasteiger partial charge in [-0.05, 0) is 26.3 Å². The molecule has 0 bridgehead atoms. The van der Waals surface area contributed by atoms with E-state index in [4.69, 9.17) is 5.73 Å². The summed E-state index contributed by atoms with van der Waals surface area (Å²) < 4.78 is 0. The lowest BCUT2D eigenvalue weighted by atomic mass is 9.93. The summed E-state index contributed by atoms with van der Waals surface area (Å²) in [7, 11) is 0. The van der Waals surface area contributed by atoms with E-state index in [1.807, 2.05) is 58.0 Å². The molecule has 3 nitrogen and oxygen atoms in total. The van der Waals surface area contributed by atoms with Crippen LogP contribution in [0.4, 0.5) is 0 Å². The van der Waals surface area contributed by atoms with Crippen LogP contribution in [0, 0.1) is 5.92 Å². The molecule has 0 fully saturated rings. The summed E-state index contributed by atoms with van der Waals surface area (Å²) in [5.74, 6) is -0.245. The molecule has 1 aromatic carbocycles. The first-order valence-corrected chi connectivity index (χ1v) is 5.94. The van der Waals surface area contributed by atoms with E-state index >= 15 is 0 Å². The van der Waals surface area contributed by atoms with E-state index < -0.39 is 0 Å². The number of hydrogen-bond donors (Lipinski definition) is 2. The Balaban J connectivity index is 2.70. The van der Waals surface area contributed by atoms with E-state index in [-0.39, 0.29) is 23.4 Å². The van der Waals surface area contributed by atoms with Crippen molar-refractivity contribution in [3.05, 3.63) is 35.9 Å². The lowest BCUT2D eigenvalue weighted by molar-refractivity contribution is -0.126. The van der Waals surface area contributed by atoms with Crippen molar-refractivity contribution < 1.29 is 4.79 Å². The standard InChI is InChI=1S/C14H22N2O/c1-10(13(17)16-14(2,3)4)12(15)11-8-6-5-7-9-11/h5-10,12H,15H2,1-4H3,(H,16,17). The van der Waals surface area contributed by atoms with Crippen LogP contribution in [0.3, 0.4) is 0 Å². The Bertz CT molecular complexity index is 368. The molecule has 0 saturated carbocycles. The average Bonchev–Trinajstić information content (AvgIpc) is 2.26. The van der Waals surface area contributed by atoms with Crippen LogP contribution in [0.1, 0.15) is 39.3 Å². The fraction of sp³-hybridized carbons (Fsp3) is 0.500. The largest absolute Gasteiger partial charge is 0.351 e. The van der Waals surface area contributed by atoms with Gasteiger partial charge < -0.3 is 11.1 Å². The van der Waals surface area contributed by atoms with Gasteiger partial charge in [0.25, 0.3) is 0 Å². The first-order chi connectivity index (χ1) is 7.81. The van der Waals surface area contributed by atoms with Gasteiger partial charge in [-0.15, -0.1) is 0 Å². The molecule has 0 aliphatic heterocycles. The molecule has 3 heteroatoms. The van der Waals surface area contributed by atoms with E-state index in [0.717, 1.165) is 5.56 Å². The second-order valence-corrected chi connectivity index (χ2v) is 5.46. The zero-order chi connectivity index (χ0) is 13.1. The molecular weight excluding hydrogens is 212 g/mol. The highest BCUT2D eigenvalue weighted by Crippen LogP contribution is 2.19. The van der Waals surface area contributed by atoms with Crippen LogP contribution >= 0.6 is 0 Å². The first kappa shape index (κ1) is 13.7. The van der Waals surface area contributed by atoms with Crippen LogP contribution < -0.4 is 11.1 Å². The lowest BCUT2D eigenvalue weighted by Gasteiger charge is -2.26. The zero-order valence-electron chi connectivity index (χ0n) is 11.0. The first-order valence-electron chi connectivity index (χ1n) is 5.94. The van der Waals surface area contributed by atoms with Crippen molar-refractivity contribution in [3.8, 4) is 0 Å². The molecular formula is C14H22N2O. The SMILES string of the molecule is CC(C(=O)NC(C)(C)C)C(N)c1ccccc1. The molecule has 0 aromatic heterocycles. The summed E-state index contributed by atoms with van der Waals surface area (Å²) in [6.07, 6.45) is 0. The molecule has 0 saturated heterocycles. The molecule has 2 atom stereocenters. The van der Waals surface area contributed by atoms with Crippen molar-refractivity contribution >= 4 is 5.91 Å². The predicted molar refractivity (Wildman–Crippen MR) is 70.4 cm³/mol. The van der Waals surface area contributed by atoms with Crippen LogP contribution in [-0.4, -0.2) is 11.4 Å². The molecule has 0 spiro atoms. The topological polar surface area (TPSA) is 55.1 Å². The second-order valence-electron chi connectivity index (χ2n) is 5.46. The van der Waals surface area contributed by atoms with Crippen LogP contribution in [0.15, 0.2) is 30.3 Å². The number of carbonyl (C=O) groups excluding carboxylic acids is 1. The van der Waals surface area contributed by atoms with Crippen LogP contribution in [0.5, 0.6) is 0 Å². The summed E-state index contributed by atoms with van der Waals surface area (Å²) >= 11 is 0. The Morgan fingerprint density at radius 2 is 1.76 bits per heavy atom. The Kier molecular flexibility index (Phi) is 4.29. The van der Waals surface area contributed by atoms with E-state index in [0.29, 0.717) is 0 Å². The van der Waals surface area contributed by atoms with Crippen molar-refractivity contribution in [2.75, 3.05) is 0 Å². The fourth-order valence-corrected chi connectivity index (χ4v) is 1.61. The van der Waals surface area contributed by atoms with Crippen molar-refractivity contribution in [2.45, 2.75) is 39.3 Å². The molecule has 0 heterocycles. The molecule has 3 N–H and O–H groups in total. The molecule has 0 radical (unpaired) electrons. The third kappa shape index (κ3) is 4.19. The molecule has 0 aliphatic carbocycles. The maximum atomic E-state index is 12.0. The monoisotopic (exact) mass is 234 g/mol. The Morgan fingerprint density at radius 1 is 1.24 bits per heavy atom. The highest BCUT2D eigenvalue weighted by atomic mass is 16.2. The molecule has 94 valence electrons. The third-order valence-electron chi connectivity index (χ3n) is 2.63. The highest BCUT2D eigenvalue weighted by molar-refractivity contribution is 5.79. The quantitative estimate of drug-likeness (QED) is 0.842. The van der Waals surface area contributed by atoms with Gasteiger partial charge in [0, 0.05) is 11.6 Å². The normalized spacial score (nSPS) is 15.1. The molecule has 2 unspecified atom stereocenters. The van der Waals surface area contributed by atoms with Gasteiger partial charge in [0.15, 0.2) is 0 Å². The lowest BCUT2D eigenvalue weighted by Crippen LogP contribution is -2.45. The number of amides is 1. The number of benzene rings is 1. The average molecular weight is 234 g/mol. The van der Waals surface area contributed by atoms with Crippen molar-refractivity contribution in [3.63, 3.8) is 0 Å². The summed E-state index contributed by atoms with van der Waals surface area (Å²) in [5, 5.41) is 2.95. The number of hydrogen-bond acceptors (Lipinski definition) is 2. The van der Waals surface area contributed by atoms with Gasteiger partial charge in [-0.2, -0.15) is 0 Å². The van der Waals surface area contributed by atoms with E-state index in [1.54, 1.807) is 0 Å². The number of rotatable bonds is 3. The van der Waals surface area contributed by atoms with Gasteiger partial charge in [0.05, 0.1) is 5.92 Å². The van der Waals surface area contributed by atoms with Crippen molar-refractivity contribution in [1.82, 2.24) is 5.32 Å². The smallest absolute Gasteiger partial charge is 0.225 e. The van der Waals surface area contributed by atoms with Crippen molar-refractivity contribution in [2.24, 2.45) is 11.7 Å². The molecule has 1 aromatic rings. The molecule has 17 heavy (non-hydrogen) atoms. The molecule has 1 amide bonds. The van der Waals surface area contributed by atoms with Crippen LogP contribution in [0.25, 0.3) is 0 Å². The zero-order valence-corrected chi connectivity index (χ0v) is 11.0. The van der Waals surface area contributed by atoms with Gasteiger partial charge in [0.1, 0.15) is 0 Å². The van der Waals surface area contributed by atoms with Crippen LogP contribution in [-0.2, 0) is 4.79 Å². The number of nitrogens with one attached hydrogen (secondary N) is 1. The minimum atomic E-state index is -0.265. The predicted octanol–water partition coefficient (Wildman–Crippen LogP) is 2.24. The third-order valence-corrected chi connectivity index (χ3v) is 2.63. The maximum absolute atomic E-state index is 12.0.